The van der Waals surface area contributed by atoms with Crippen molar-refractivity contribution in [1.82, 2.24) is 10.6 Å². The van der Waals surface area contributed by atoms with Gasteiger partial charge in [0.15, 0.2) is 0 Å². The Kier molecular flexibility index (Phi) is 14.0. The van der Waals surface area contributed by atoms with Gasteiger partial charge < -0.3 is 10.6 Å². The molecule has 0 aromatic carbocycles. The van der Waals surface area contributed by atoms with Gasteiger partial charge in [0.1, 0.15) is 0 Å². The van der Waals surface area contributed by atoms with E-state index in [0.717, 1.165) is 25.9 Å². The molecule has 0 rings (SSSR count). The van der Waals surface area contributed by atoms with E-state index in [9.17, 15) is 20.2 Å². The Morgan fingerprint density at radius 3 is 1.07 bits per heavy atom. The maximum atomic E-state index is 10.8. The van der Waals surface area contributed by atoms with E-state index in [2.05, 4.69) is 10.6 Å². The SMILES string of the molecule is CC(C)(CNCCCCCCCCCCCCNCC(C)(C)[N+](=O)[O-])[N+](=O)[O-]. The van der Waals surface area contributed by atoms with E-state index >= 15 is 0 Å². The molecular formula is C20H42N4O4. The Bertz CT molecular complexity index is 402. The third kappa shape index (κ3) is 13.8. The van der Waals surface area contributed by atoms with Crippen molar-refractivity contribution in [1.29, 1.82) is 0 Å². The highest BCUT2D eigenvalue weighted by molar-refractivity contribution is 4.70. The second-order valence-corrected chi connectivity index (χ2v) is 9.03. The molecule has 0 heterocycles. The average Bonchev–Trinajstić information content (AvgIpc) is 2.60. The lowest BCUT2D eigenvalue weighted by Gasteiger charge is -2.16. The van der Waals surface area contributed by atoms with Gasteiger partial charge >= 0.3 is 0 Å². The molecule has 0 saturated heterocycles. The molecule has 0 atom stereocenters. The fourth-order valence-electron chi connectivity index (χ4n) is 2.83. The van der Waals surface area contributed by atoms with Crippen LogP contribution >= 0.6 is 0 Å². The molecule has 0 saturated carbocycles. The van der Waals surface area contributed by atoms with Crippen LogP contribution in [0.4, 0.5) is 0 Å². The maximum Gasteiger partial charge on any atom is 0.228 e. The van der Waals surface area contributed by atoms with E-state index < -0.39 is 11.1 Å². The molecule has 0 aliphatic carbocycles. The van der Waals surface area contributed by atoms with Gasteiger partial charge in [-0.2, -0.15) is 0 Å². The third-order valence-electron chi connectivity index (χ3n) is 5.06. The van der Waals surface area contributed by atoms with Gasteiger partial charge in [-0.1, -0.05) is 51.4 Å². The summed E-state index contributed by atoms with van der Waals surface area (Å²) in [4.78, 5) is 21.1. The van der Waals surface area contributed by atoms with Crippen molar-refractivity contribution in [2.45, 2.75) is 103 Å². The second-order valence-electron chi connectivity index (χ2n) is 9.03. The van der Waals surface area contributed by atoms with Crippen LogP contribution in [0, 0.1) is 20.2 Å². The van der Waals surface area contributed by atoms with Gasteiger partial charge in [0, 0.05) is 37.5 Å². The van der Waals surface area contributed by atoms with Crippen molar-refractivity contribution in [3.63, 3.8) is 0 Å². The lowest BCUT2D eigenvalue weighted by atomic mass is 10.1. The number of rotatable bonds is 19. The zero-order valence-electron chi connectivity index (χ0n) is 18.4. The predicted octanol–water partition coefficient (Wildman–Crippen LogP) is 4.18. The molecule has 0 aromatic heterocycles. The number of nitrogens with zero attached hydrogens (tertiary/aromatic N) is 2. The molecule has 2 N–H and O–H groups in total. The quantitative estimate of drug-likeness (QED) is 0.190. The van der Waals surface area contributed by atoms with Gasteiger partial charge in [0.2, 0.25) is 11.1 Å². The molecule has 0 fully saturated rings. The van der Waals surface area contributed by atoms with Crippen molar-refractivity contribution in [2.75, 3.05) is 26.2 Å². The van der Waals surface area contributed by atoms with Crippen molar-refractivity contribution in [2.24, 2.45) is 0 Å². The van der Waals surface area contributed by atoms with Crippen LogP contribution < -0.4 is 10.6 Å². The summed E-state index contributed by atoms with van der Waals surface area (Å²) in [6, 6.07) is 0. The predicted molar refractivity (Wildman–Crippen MR) is 114 cm³/mol. The molecule has 28 heavy (non-hydrogen) atoms. The monoisotopic (exact) mass is 402 g/mol. The van der Waals surface area contributed by atoms with Crippen molar-refractivity contribution in [3.8, 4) is 0 Å². The van der Waals surface area contributed by atoms with Crippen molar-refractivity contribution >= 4 is 0 Å². The normalized spacial score (nSPS) is 12.3. The van der Waals surface area contributed by atoms with Crippen LogP contribution in [0.15, 0.2) is 0 Å². The first kappa shape index (κ1) is 26.7. The molecule has 8 nitrogen and oxygen atoms in total. The maximum absolute atomic E-state index is 10.8. The Labute approximate surface area is 170 Å². The lowest BCUT2D eigenvalue weighted by molar-refractivity contribution is -0.558. The van der Waals surface area contributed by atoms with Gasteiger partial charge in [-0.25, -0.2) is 0 Å². The van der Waals surface area contributed by atoms with E-state index in [1.165, 1.54) is 51.4 Å². The lowest BCUT2D eigenvalue weighted by Crippen LogP contribution is -2.42. The molecule has 0 aliphatic rings. The first-order valence-electron chi connectivity index (χ1n) is 10.8. The zero-order chi connectivity index (χ0) is 21.5. The summed E-state index contributed by atoms with van der Waals surface area (Å²) in [6.07, 6.45) is 12.1. The molecule has 8 heteroatoms. The molecule has 0 aromatic rings. The minimum Gasteiger partial charge on any atom is -0.310 e. The van der Waals surface area contributed by atoms with Gasteiger partial charge in [0.05, 0.1) is 13.1 Å². The topological polar surface area (TPSA) is 110 Å². The highest BCUT2D eigenvalue weighted by Crippen LogP contribution is 2.11. The van der Waals surface area contributed by atoms with E-state index in [-0.39, 0.29) is 9.85 Å². The molecule has 0 radical (unpaired) electrons. The second kappa shape index (κ2) is 14.7. The molecule has 0 aliphatic heterocycles. The number of nitro groups is 2. The average molecular weight is 403 g/mol. The van der Waals surface area contributed by atoms with Crippen molar-refractivity contribution < 1.29 is 9.85 Å². The Balaban J connectivity index is 3.28. The van der Waals surface area contributed by atoms with Crippen LogP contribution in [0.5, 0.6) is 0 Å². The van der Waals surface area contributed by atoms with E-state index in [0.29, 0.717) is 13.1 Å². The van der Waals surface area contributed by atoms with Crippen LogP contribution in [-0.2, 0) is 0 Å². The minimum absolute atomic E-state index is 0.229. The van der Waals surface area contributed by atoms with Crippen LogP contribution in [0.2, 0.25) is 0 Å². The largest absolute Gasteiger partial charge is 0.310 e. The standard InChI is InChI=1S/C20H42N4O4/c1-19(2,23(25)26)17-21-15-13-11-9-7-5-6-8-10-12-14-16-22-18-20(3,4)24(27)28/h21-22H,5-18H2,1-4H3. The summed E-state index contributed by atoms with van der Waals surface area (Å²) in [6.45, 7) is 9.13. The van der Waals surface area contributed by atoms with Gasteiger partial charge in [0.25, 0.3) is 0 Å². The smallest absolute Gasteiger partial charge is 0.228 e. The summed E-state index contributed by atoms with van der Waals surface area (Å²) < 4.78 is 0. The van der Waals surface area contributed by atoms with E-state index in [1.807, 2.05) is 0 Å². The fraction of sp³-hybridized carbons (Fsp3) is 1.00. The van der Waals surface area contributed by atoms with Crippen LogP contribution in [0.1, 0.15) is 91.9 Å². The first-order chi connectivity index (χ1) is 13.1. The molecule has 0 bridgehead atoms. The summed E-state index contributed by atoms with van der Waals surface area (Å²) in [7, 11) is 0. The molecule has 0 amide bonds. The Hall–Kier alpha value is -1.28. The third-order valence-corrected chi connectivity index (χ3v) is 5.06. The number of unbranched alkanes of at least 4 members (excludes halogenated alkanes) is 9. The number of hydrogen-bond donors (Lipinski definition) is 2. The van der Waals surface area contributed by atoms with Gasteiger partial charge in [-0.05, 0) is 25.9 Å². The van der Waals surface area contributed by atoms with Crippen LogP contribution in [0.3, 0.4) is 0 Å². The van der Waals surface area contributed by atoms with E-state index in [1.54, 1.807) is 27.7 Å². The zero-order valence-corrected chi connectivity index (χ0v) is 18.4. The highest BCUT2D eigenvalue weighted by Gasteiger charge is 2.30. The summed E-state index contributed by atoms with van der Waals surface area (Å²) >= 11 is 0. The van der Waals surface area contributed by atoms with E-state index in [4.69, 9.17) is 0 Å². The van der Waals surface area contributed by atoms with Crippen LogP contribution in [-0.4, -0.2) is 47.1 Å². The summed E-state index contributed by atoms with van der Waals surface area (Å²) in [5.41, 5.74) is -1.77. The molecule has 0 unspecified atom stereocenters. The molecule has 166 valence electrons. The van der Waals surface area contributed by atoms with Crippen LogP contribution in [0.25, 0.3) is 0 Å². The van der Waals surface area contributed by atoms with Gasteiger partial charge in [-0.15, -0.1) is 0 Å². The first-order valence-corrected chi connectivity index (χ1v) is 10.8. The van der Waals surface area contributed by atoms with Crippen molar-refractivity contribution in [3.05, 3.63) is 20.2 Å². The minimum atomic E-state index is -0.887. The number of nitrogens with one attached hydrogen (secondary N) is 2. The molecule has 0 spiro atoms. The fourth-order valence-corrected chi connectivity index (χ4v) is 2.83. The van der Waals surface area contributed by atoms with Gasteiger partial charge in [-0.3, -0.25) is 20.2 Å². The summed E-state index contributed by atoms with van der Waals surface area (Å²) in [5.74, 6) is 0. The summed E-state index contributed by atoms with van der Waals surface area (Å²) in [5, 5.41) is 28.0. The molecular weight excluding hydrogens is 360 g/mol. The highest BCUT2D eigenvalue weighted by atomic mass is 16.6. The Morgan fingerprint density at radius 1 is 0.571 bits per heavy atom. The Morgan fingerprint density at radius 2 is 0.821 bits per heavy atom. The number of hydrogen-bond acceptors (Lipinski definition) is 6.